The van der Waals surface area contributed by atoms with Gasteiger partial charge >= 0.3 is 5.97 Å². The average Bonchev–Trinajstić information content (AvgIpc) is 2.15. The third kappa shape index (κ3) is 3.76. The van der Waals surface area contributed by atoms with Crippen LogP contribution >= 0.6 is 0 Å². The van der Waals surface area contributed by atoms with Gasteiger partial charge in [-0.25, -0.2) is 4.79 Å². The molecule has 0 saturated heterocycles. The highest BCUT2D eigenvalue weighted by atomic mass is 16.6. The van der Waals surface area contributed by atoms with Crippen LogP contribution in [0.2, 0.25) is 0 Å². The Morgan fingerprint density at radius 2 is 2.00 bits per heavy atom. The summed E-state index contributed by atoms with van der Waals surface area (Å²) >= 11 is 0. The minimum Gasteiger partial charge on any atom is -0.482 e. The van der Waals surface area contributed by atoms with E-state index in [0.717, 1.165) is 0 Å². The van der Waals surface area contributed by atoms with Crippen LogP contribution < -0.4 is 4.74 Å². The van der Waals surface area contributed by atoms with E-state index in [1.807, 2.05) is 18.2 Å². The molecule has 0 saturated carbocycles. The summed E-state index contributed by atoms with van der Waals surface area (Å²) in [6, 6.07) is 9.08. The lowest BCUT2D eigenvalue weighted by Gasteiger charge is -2.05. The fraction of sp³-hybridized carbons (Fsp3) is 0.182. The van der Waals surface area contributed by atoms with Gasteiger partial charge in [-0.15, -0.1) is 0 Å². The second kappa shape index (κ2) is 5.07. The van der Waals surface area contributed by atoms with Gasteiger partial charge in [-0.05, 0) is 19.1 Å². The van der Waals surface area contributed by atoms with Crippen molar-refractivity contribution in [1.82, 2.24) is 0 Å². The SMILES string of the molecule is C=C(C)OC(=O)COc1ccccc1. The highest BCUT2D eigenvalue weighted by Gasteiger charge is 2.03. The Balaban J connectivity index is 2.34. The van der Waals surface area contributed by atoms with Crippen molar-refractivity contribution in [3.8, 4) is 5.75 Å². The van der Waals surface area contributed by atoms with Crippen LogP contribution in [0.25, 0.3) is 0 Å². The molecule has 0 aliphatic rings. The molecular formula is C11H12O3. The zero-order valence-corrected chi connectivity index (χ0v) is 8.03. The maximum atomic E-state index is 11.0. The number of ether oxygens (including phenoxy) is 2. The number of para-hydroxylation sites is 1. The van der Waals surface area contributed by atoms with Gasteiger partial charge in [0, 0.05) is 0 Å². The molecule has 0 unspecified atom stereocenters. The number of benzene rings is 1. The van der Waals surface area contributed by atoms with Crippen LogP contribution in [0.5, 0.6) is 5.75 Å². The minimum absolute atomic E-state index is 0.100. The molecule has 0 heterocycles. The quantitative estimate of drug-likeness (QED) is 0.541. The minimum atomic E-state index is -0.443. The van der Waals surface area contributed by atoms with Crippen molar-refractivity contribution in [2.45, 2.75) is 6.92 Å². The molecule has 0 spiro atoms. The summed E-state index contributed by atoms with van der Waals surface area (Å²) in [5.41, 5.74) is 0. The van der Waals surface area contributed by atoms with Crippen LogP contribution in [-0.2, 0) is 9.53 Å². The molecule has 3 heteroatoms. The summed E-state index contributed by atoms with van der Waals surface area (Å²) in [5.74, 6) is 0.569. The molecule has 0 aliphatic heterocycles. The zero-order chi connectivity index (χ0) is 10.4. The van der Waals surface area contributed by atoms with E-state index in [1.165, 1.54) is 0 Å². The van der Waals surface area contributed by atoms with Gasteiger partial charge in [-0.3, -0.25) is 0 Å². The van der Waals surface area contributed by atoms with Crippen LogP contribution in [0.15, 0.2) is 42.7 Å². The lowest BCUT2D eigenvalue weighted by molar-refractivity contribution is -0.141. The first kappa shape index (κ1) is 10.3. The van der Waals surface area contributed by atoms with Gasteiger partial charge in [-0.1, -0.05) is 24.8 Å². The molecule has 0 aliphatic carbocycles. The summed E-state index contributed by atoms with van der Waals surface area (Å²) in [7, 11) is 0. The number of esters is 1. The first-order valence-electron chi connectivity index (χ1n) is 4.22. The summed E-state index contributed by atoms with van der Waals surface area (Å²) in [5, 5.41) is 0. The topological polar surface area (TPSA) is 35.5 Å². The summed E-state index contributed by atoms with van der Waals surface area (Å²) in [6.45, 7) is 4.96. The van der Waals surface area contributed by atoms with E-state index in [1.54, 1.807) is 19.1 Å². The van der Waals surface area contributed by atoms with Crippen LogP contribution in [0.4, 0.5) is 0 Å². The zero-order valence-electron chi connectivity index (χ0n) is 8.03. The van der Waals surface area contributed by atoms with Gasteiger partial charge in [0.1, 0.15) is 5.75 Å². The fourth-order valence-electron chi connectivity index (χ4n) is 0.883. The number of allylic oxidation sites excluding steroid dienone is 1. The largest absolute Gasteiger partial charge is 0.482 e. The molecule has 0 fully saturated rings. The van der Waals surface area contributed by atoms with Crippen molar-refractivity contribution >= 4 is 5.97 Å². The van der Waals surface area contributed by atoms with Gasteiger partial charge in [0.05, 0.1) is 5.76 Å². The molecule has 1 aromatic rings. The Kier molecular flexibility index (Phi) is 3.73. The van der Waals surface area contributed by atoms with Crippen molar-refractivity contribution in [2.24, 2.45) is 0 Å². The van der Waals surface area contributed by atoms with Gasteiger partial charge in [-0.2, -0.15) is 0 Å². The molecule has 0 aromatic heterocycles. The summed E-state index contributed by atoms with van der Waals surface area (Å²) in [6.07, 6.45) is 0. The van der Waals surface area contributed by atoms with E-state index in [-0.39, 0.29) is 6.61 Å². The maximum Gasteiger partial charge on any atom is 0.349 e. The van der Waals surface area contributed by atoms with Crippen molar-refractivity contribution < 1.29 is 14.3 Å². The highest BCUT2D eigenvalue weighted by Crippen LogP contribution is 2.08. The molecule has 74 valence electrons. The molecule has 0 atom stereocenters. The molecular weight excluding hydrogens is 180 g/mol. The molecule has 0 N–H and O–H groups in total. The van der Waals surface area contributed by atoms with Crippen molar-refractivity contribution in [1.29, 1.82) is 0 Å². The van der Waals surface area contributed by atoms with Gasteiger partial charge in [0.25, 0.3) is 0 Å². The Labute approximate surface area is 83.0 Å². The summed E-state index contributed by atoms with van der Waals surface area (Å²) < 4.78 is 9.87. The molecule has 0 bridgehead atoms. The van der Waals surface area contributed by atoms with Crippen molar-refractivity contribution in [2.75, 3.05) is 6.61 Å². The van der Waals surface area contributed by atoms with Crippen molar-refractivity contribution in [3.63, 3.8) is 0 Å². The van der Waals surface area contributed by atoms with Gasteiger partial charge in [0.2, 0.25) is 0 Å². The van der Waals surface area contributed by atoms with E-state index in [4.69, 9.17) is 9.47 Å². The molecule has 0 radical (unpaired) electrons. The van der Waals surface area contributed by atoms with Crippen molar-refractivity contribution in [3.05, 3.63) is 42.7 Å². The molecule has 14 heavy (non-hydrogen) atoms. The molecule has 3 nitrogen and oxygen atoms in total. The molecule has 1 aromatic carbocycles. The van der Waals surface area contributed by atoms with E-state index < -0.39 is 5.97 Å². The smallest absolute Gasteiger partial charge is 0.349 e. The predicted octanol–water partition coefficient (Wildman–Crippen LogP) is 2.14. The van der Waals surface area contributed by atoms with E-state index in [0.29, 0.717) is 11.5 Å². The normalized spacial score (nSPS) is 9.21. The first-order chi connectivity index (χ1) is 6.68. The second-order valence-electron chi connectivity index (χ2n) is 2.78. The monoisotopic (exact) mass is 192 g/mol. The van der Waals surface area contributed by atoms with Crippen LogP contribution in [0.3, 0.4) is 0 Å². The average molecular weight is 192 g/mol. The Morgan fingerprint density at radius 1 is 1.36 bits per heavy atom. The standard InChI is InChI=1S/C11H12O3/c1-9(2)14-11(12)8-13-10-6-4-3-5-7-10/h3-7H,1,8H2,2H3. The lowest BCUT2D eigenvalue weighted by Crippen LogP contribution is -2.13. The predicted molar refractivity (Wildman–Crippen MR) is 52.8 cm³/mol. The van der Waals surface area contributed by atoms with E-state index >= 15 is 0 Å². The Hall–Kier alpha value is -1.77. The van der Waals surface area contributed by atoms with Gasteiger partial charge < -0.3 is 9.47 Å². The third-order valence-electron chi connectivity index (χ3n) is 1.39. The van der Waals surface area contributed by atoms with E-state index in [9.17, 15) is 4.79 Å². The number of carbonyl (C=O) groups excluding carboxylic acids is 1. The van der Waals surface area contributed by atoms with E-state index in [2.05, 4.69) is 6.58 Å². The lowest BCUT2D eigenvalue weighted by atomic mass is 10.3. The number of rotatable bonds is 4. The Bertz CT molecular complexity index is 317. The number of carbonyl (C=O) groups is 1. The van der Waals surface area contributed by atoms with Crippen LogP contribution in [0, 0.1) is 0 Å². The molecule has 0 amide bonds. The van der Waals surface area contributed by atoms with Crippen LogP contribution in [-0.4, -0.2) is 12.6 Å². The number of hydrogen-bond donors (Lipinski definition) is 0. The fourth-order valence-corrected chi connectivity index (χ4v) is 0.883. The summed E-state index contributed by atoms with van der Waals surface area (Å²) in [4.78, 5) is 11.0. The first-order valence-corrected chi connectivity index (χ1v) is 4.22. The third-order valence-corrected chi connectivity index (χ3v) is 1.39. The highest BCUT2D eigenvalue weighted by molar-refractivity contribution is 5.72. The van der Waals surface area contributed by atoms with Gasteiger partial charge in [0.15, 0.2) is 6.61 Å². The molecule has 1 rings (SSSR count). The Morgan fingerprint density at radius 3 is 2.57 bits per heavy atom. The number of hydrogen-bond acceptors (Lipinski definition) is 3. The maximum absolute atomic E-state index is 11.0. The van der Waals surface area contributed by atoms with Crippen LogP contribution in [0.1, 0.15) is 6.92 Å². The second-order valence-corrected chi connectivity index (χ2v) is 2.78.